The Morgan fingerprint density at radius 2 is 1.86 bits per heavy atom. The minimum Gasteiger partial charge on any atom is -0.497 e. The van der Waals surface area contributed by atoms with Crippen LogP contribution in [0.25, 0.3) is 22.0 Å². The molecule has 4 aromatic rings. The van der Waals surface area contributed by atoms with Crippen LogP contribution in [-0.2, 0) is 0 Å². The Kier molecular flexibility index (Phi) is 2.76. The van der Waals surface area contributed by atoms with E-state index in [2.05, 4.69) is 4.98 Å². The Labute approximate surface area is 126 Å². The van der Waals surface area contributed by atoms with Gasteiger partial charge in [0.15, 0.2) is 11.3 Å². The van der Waals surface area contributed by atoms with Crippen LogP contribution in [0.4, 0.5) is 0 Å². The highest BCUT2D eigenvalue weighted by atomic mass is 16.5. The van der Waals surface area contributed by atoms with Crippen LogP contribution in [0.3, 0.4) is 0 Å². The number of ketones is 1. The third kappa shape index (κ3) is 1.89. The zero-order chi connectivity index (χ0) is 15.1. The molecule has 2 aromatic heterocycles. The Morgan fingerprint density at radius 3 is 2.64 bits per heavy atom. The average Bonchev–Trinajstić information content (AvgIpc) is 3.11. The van der Waals surface area contributed by atoms with Crippen LogP contribution in [0.15, 0.2) is 59.0 Å². The first-order valence-corrected chi connectivity index (χ1v) is 6.95. The van der Waals surface area contributed by atoms with Crippen molar-refractivity contribution in [3.63, 3.8) is 0 Å². The second-order valence-corrected chi connectivity index (χ2v) is 5.09. The second kappa shape index (κ2) is 4.77. The van der Waals surface area contributed by atoms with Crippen molar-refractivity contribution < 1.29 is 13.9 Å². The molecule has 4 rings (SSSR count). The molecule has 0 unspecified atom stereocenters. The number of aromatic amines is 1. The van der Waals surface area contributed by atoms with Gasteiger partial charge in [0.2, 0.25) is 5.78 Å². The van der Waals surface area contributed by atoms with Crippen LogP contribution in [0.5, 0.6) is 5.75 Å². The molecule has 0 aliphatic rings. The highest BCUT2D eigenvalue weighted by molar-refractivity contribution is 6.12. The van der Waals surface area contributed by atoms with Crippen molar-refractivity contribution in [2.24, 2.45) is 0 Å². The monoisotopic (exact) mass is 291 g/mol. The van der Waals surface area contributed by atoms with Crippen molar-refractivity contribution in [3.8, 4) is 5.75 Å². The molecule has 0 saturated heterocycles. The summed E-state index contributed by atoms with van der Waals surface area (Å²) < 4.78 is 11.0. The summed E-state index contributed by atoms with van der Waals surface area (Å²) in [6.45, 7) is 0. The van der Waals surface area contributed by atoms with E-state index < -0.39 is 0 Å². The Hall–Kier alpha value is -3.01. The topological polar surface area (TPSA) is 55.2 Å². The predicted molar refractivity (Wildman–Crippen MR) is 84.5 cm³/mol. The minimum absolute atomic E-state index is 0.119. The van der Waals surface area contributed by atoms with Crippen LogP contribution in [0.1, 0.15) is 16.1 Å². The average molecular weight is 291 g/mol. The number of rotatable bonds is 3. The molecule has 2 heterocycles. The highest BCUT2D eigenvalue weighted by Crippen LogP contribution is 2.31. The van der Waals surface area contributed by atoms with E-state index in [1.54, 1.807) is 25.3 Å². The lowest BCUT2D eigenvalue weighted by Gasteiger charge is -1.98. The fraction of sp³-hybridized carbons (Fsp3) is 0.0556. The van der Waals surface area contributed by atoms with Gasteiger partial charge in [-0.05, 0) is 12.1 Å². The molecule has 0 spiro atoms. The van der Waals surface area contributed by atoms with Gasteiger partial charge in [-0.15, -0.1) is 0 Å². The Balaban J connectivity index is 1.83. The fourth-order valence-electron chi connectivity index (χ4n) is 2.62. The molecule has 0 atom stereocenters. The number of hydrogen-bond acceptors (Lipinski definition) is 3. The van der Waals surface area contributed by atoms with Crippen molar-refractivity contribution >= 4 is 27.8 Å². The van der Waals surface area contributed by atoms with Gasteiger partial charge in [0.1, 0.15) is 5.75 Å². The lowest BCUT2D eigenvalue weighted by Crippen LogP contribution is -1.98. The molecule has 4 heteroatoms. The third-order valence-electron chi connectivity index (χ3n) is 3.73. The van der Waals surface area contributed by atoms with E-state index in [0.717, 1.165) is 22.2 Å². The SMILES string of the molecule is COc1ccc2c(c1)[nH]c1cc(C(=O)c3ccccc3)oc12. The standard InChI is InChI=1S/C18H13NO3/c1-21-12-7-8-13-14(9-12)19-15-10-16(22-18(13)15)17(20)11-5-3-2-4-6-11/h2-10,19H,1H3. The van der Waals surface area contributed by atoms with Gasteiger partial charge < -0.3 is 14.1 Å². The number of benzene rings is 2. The van der Waals surface area contributed by atoms with E-state index in [1.165, 1.54) is 0 Å². The molecular formula is C18H13NO3. The zero-order valence-electron chi connectivity index (χ0n) is 11.9. The zero-order valence-corrected chi connectivity index (χ0v) is 11.9. The number of hydrogen-bond donors (Lipinski definition) is 1. The van der Waals surface area contributed by atoms with Gasteiger partial charge in [-0.3, -0.25) is 4.79 Å². The number of ether oxygens (including phenoxy) is 1. The molecule has 2 aromatic carbocycles. The number of fused-ring (bicyclic) bond motifs is 3. The summed E-state index contributed by atoms with van der Waals surface area (Å²) in [5.74, 6) is 0.994. The van der Waals surface area contributed by atoms with Crippen LogP contribution >= 0.6 is 0 Å². The van der Waals surface area contributed by atoms with E-state index >= 15 is 0 Å². The number of nitrogens with one attached hydrogen (secondary N) is 1. The summed E-state index contributed by atoms with van der Waals surface area (Å²) in [6.07, 6.45) is 0. The fourth-order valence-corrected chi connectivity index (χ4v) is 2.62. The van der Waals surface area contributed by atoms with E-state index in [0.29, 0.717) is 16.9 Å². The lowest BCUT2D eigenvalue weighted by atomic mass is 10.1. The number of methoxy groups -OCH3 is 1. The van der Waals surface area contributed by atoms with Gasteiger partial charge in [0.25, 0.3) is 0 Å². The first-order valence-electron chi connectivity index (χ1n) is 6.95. The maximum absolute atomic E-state index is 12.4. The van der Waals surface area contributed by atoms with Crippen LogP contribution in [-0.4, -0.2) is 17.9 Å². The number of carbonyl (C=O) groups is 1. The molecule has 0 bridgehead atoms. The molecule has 0 radical (unpaired) electrons. The minimum atomic E-state index is -0.119. The van der Waals surface area contributed by atoms with Gasteiger partial charge in [-0.2, -0.15) is 0 Å². The molecule has 0 aliphatic heterocycles. The Bertz CT molecular complexity index is 980. The van der Waals surface area contributed by atoms with Gasteiger partial charge >= 0.3 is 0 Å². The second-order valence-electron chi connectivity index (χ2n) is 5.09. The largest absolute Gasteiger partial charge is 0.497 e. The van der Waals surface area contributed by atoms with Crippen LogP contribution in [0, 0.1) is 0 Å². The quantitative estimate of drug-likeness (QED) is 0.577. The summed E-state index contributed by atoms with van der Waals surface area (Å²) >= 11 is 0. The number of furan rings is 1. The summed E-state index contributed by atoms with van der Waals surface area (Å²) in [6, 6.07) is 16.6. The van der Waals surface area contributed by atoms with Crippen LogP contribution < -0.4 is 4.74 Å². The predicted octanol–water partition coefficient (Wildman–Crippen LogP) is 4.15. The van der Waals surface area contributed by atoms with Gasteiger partial charge in [0, 0.05) is 23.1 Å². The molecule has 0 aliphatic carbocycles. The van der Waals surface area contributed by atoms with Crippen molar-refractivity contribution in [1.82, 2.24) is 4.98 Å². The van der Waals surface area contributed by atoms with Crippen molar-refractivity contribution in [3.05, 3.63) is 65.9 Å². The van der Waals surface area contributed by atoms with Crippen LogP contribution in [0.2, 0.25) is 0 Å². The number of aromatic nitrogens is 1. The van der Waals surface area contributed by atoms with E-state index in [-0.39, 0.29) is 5.78 Å². The normalized spacial score (nSPS) is 11.1. The summed E-state index contributed by atoms with van der Waals surface area (Å²) in [7, 11) is 1.63. The van der Waals surface area contributed by atoms with Crippen molar-refractivity contribution in [1.29, 1.82) is 0 Å². The third-order valence-corrected chi connectivity index (χ3v) is 3.73. The van der Waals surface area contributed by atoms with Crippen molar-refractivity contribution in [2.45, 2.75) is 0 Å². The molecule has 0 fully saturated rings. The van der Waals surface area contributed by atoms with E-state index in [1.807, 2.05) is 36.4 Å². The molecule has 0 amide bonds. The summed E-state index contributed by atoms with van der Waals surface area (Å²) in [5, 5.41) is 0.933. The molecule has 1 N–H and O–H groups in total. The molecule has 4 nitrogen and oxygen atoms in total. The van der Waals surface area contributed by atoms with Gasteiger partial charge in [-0.25, -0.2) is 0 Å². The lowest BCUT2D eigenvalue weighted by molar-refractivity contribution is 0.101. The molecule has 22 heavy (non-hydrogen) atoms. The first-order chi connectivity index (χ1) is 10.8. The maximum Gasteiger partial charge on any atom is 0.228 e. The van der Waals surface area contributed by atoms with E-state index in [9.17, 15) is 4.79 Å². The number of H-pyrrole nitrogens is 1. The first kappa shape index (κ1) is 12.7. The van der Waals surface area contributed by atoms with E-state index in [4.69, 9.17) is 9.15 Å². The summed E-state index contributed by atoms with van der Waals surface area (Å²) in [5.41, 5.74) is 3.04. The molecule has 108 valence electrons. The van der Waals surface area contributed by atoms with Gasteiger partial charge in [0.05, 0.1) is 18.1 Å². The van der Waals surface area contributed by atoms with Gasteiger partial charge in [-0.1, -0.05) is 30.3 Å². The highest BCUT2D eigenvalue weighted by Gasteiger charge is 2.17. The Morgan fingerprint density at radius 1 is 1.05 bits per heavy atom. The molecule has 0 saturated carbocycles. The van der Waals surface area contributed by atoms with Crippen molar-refractivity contribution in [2.75, 3.05) is 7.11 Å². The molecular weight excluding hydrogens is 278 g/mol. The summed E-state index contributed by atoms with van der Waals surface area (Å²) in [4.78, 5) is 15.7. The smallest absolute Gasteiger partial charge is 0.228 e. The maximum atomic E-state index is 12.4. The number of carbonyl (C=O) groups excluding carboxylic acids is 1.